The fourth-order valence-electron chi connectivity index (χ4n) is 2.12. The molecule has 1 aliphatic carbocycles. The van der Waals surface area contributed by atoms with Crippen LogP contribution in [0.4, 0.5) is 13.6 Å². The lowest BCUT2D eigenvalue weighted by Gasteiger charge is -2.31. The number of rotatable bonds is 3. The number of hydrogen-bond donors (Lipinski definition) is 2. The number of carbonyl (C=O) groups excluding carboxylic acids is 1. The summed E-state index contributed by atoms with van der Waals surface area (Å²) in [6.45, 7) is 5.26. The van der Waals surface area contributed by atoms with E-state index in [4.69, 9.17) is 4.74 Å². The van der Waals surface area contributed by atoms with Gasteiger partial charge in [-0.2, -0.15) is 0 Å². The highest BCUT2D eigenvalue weighted by atomic mass is 19.3. The van der Waals surface area contributed by atoms with Crippen molar-refractivity contribution < 1.29 is 23.4 Å². The number of halogens is 2. The molecule has 6 heteroatoms. The molecule has 0 bridgehead atoms. The van der Waals surface area contributed by atoms with E-state index in [2.05, 4.69) is 5.32 Å². The van der Waals surface area contributed by atoms with Crippen LogP contribution in [0.25, 0.3) is 0 Å². The molecule has 1 aliphatic rings. The van der Waals surface area contributed by atoms with Gasteiger partial charge in [0.05, 0.1) is 6.10 Å². The van der Waals surface area contributed by atoms with E-state index in [0.717, 1.165) is 0 Å². The molecule has 1 atom stereocenters. The fourth-order valence-corrected chi connectivity index (χ4v) is 2.12. The molecule has 0 aliphatic heterocycles. The first-order valence-corrected chi connectivity index (χ1v) is 6.62. The average molecular weight is 279 g/mol. The molecule has 2 N–H and O–H groups in total. The van der Waals surface area contributed by atoms with Crippen LogP contribution in [-0.4, -0.2) is 35.4 Å². The number of aliphatic hydroxyl groups is 1. The minimum Gasteiger partial charge on any atom is -0.444 e. The van der Waals surface area contributed by atoms with Crippen molar-refractivity contribution in [2.45, 2.75) is 64.1 Å². The van der Waals surface area contributed by atoms with Crippen molar-refractivity contribution in [3.8, 4) is 0 Å². The van der Waals surface area contributed by atoms with Gasteiger partial charge in [-0.15, -0.1) is 0 Å². The van der Waals surface area contributed by atoms with E-state index in [1.54, 1.807) is 20.8 Å². The highest BCUT2D eigenvalue weighted by Gasteiger charge is 2.37. The minimum absolute atomic E-state index is 0.0329. The van der Waals surface area contributed by atoms with E-state index >= 15 is 0 Å². The number of alkyl halides is 2. The maximum absolute atomic E-state index is 13.0. The SMILES string of the molecule is CC(C)(C)OC(=O)NCC(O)C1CCC(F)(F)CC1. The summed E-state index contributed by atoms with van der Waals surface area (Å²) in [4.78, 5) is 11.4. The van der Waals surface area contributed by atoms with Crippen molar-refractivity contribution in [3.05, 3.63) is 0 Å². The van der Waals surface area contributed by atoms with Gasteiger partial charge in [0.15, 0.2) is 0 Å². The Kier molecular flexibility index (Phi) is 5.12. The van der Waals surface area contributed by atoms with Crippen LogP contribution in [-0.2, 0) is 4.74 Å². The molecule has 0 heterocycles. The summed E-state index contributed by atoms with van der Waals surface area (Å²) in [5.41, 5.74) is -0.595. The van der Waals surface area contributed by atoms with Gasteiger partial charge in [-0.3, -0.25) is 0 Å². The van der Waals surface area contributed by atoms with Gasteiger partial charge in [0.25, 0.3) is 0 Å². The van der Waals surface area contributed by atoms with Crippen LogP contribution in [0, 0.1) is 5.92 Å². The van der Waals surface area contributed by atoms with Crippen LogP contribution in [0.2, 0.25) is 0 Å². The normalized spacial score (nSPS) is 21.8. The largest absolute Gasteiger partial charge is 0.444 e. The molecule has 1 fully saturated rings. The third-order valence-corrected chi connectivity index (χ3v) is 3.16. The number of aliphatic hydroxyl groups excluding tert-OH is 1. The Balaban J connectivity index is 2.28. The summed E-state index contributed by atoms with van der Waals surface area (Å²) in [5, 5.41) is 12.3. The first-order chi connectivity index (χ1) is 8.59. The lowest BCUT2D eigenvalue weighted by atomic mass is 9.83. The Morgan fingerprint density at radius 1 is 1.42 bits per heavy atom. The Labute approximate surface area is 112 Å². The number of hydrogen-bond acceptors (Lipinski definition) is 3. The first-order valence-electron chi connectivity index (χ1n) is 6.62. The van der Waals surface area contributed by atoms with E-state index < -0.39 is 23.7 Å². The average Bonchev–Trinajstić information content (AvgIpc) is 2.23. The van der Waals surface area contributed by atoms with Crippen molar-refractivity contribution >= 4 is 6.09 Å². The number of nitrogens with one attached hydrogen (secondary N) is 1. The van der Waals surface area contributed by atoms with Crippen molar-refractivity contribution in [2.24, 2.45) is 5.92 Å². The molecule has 1 unspecified atom stereocenters. The van der Waals surface area contributed by atoms with Gasteiger partial charge >= 0.3 is 6.09 Å². The molecule has 112 valence electrons. The Bertz CT molecular complexity index is 306. The van der Waals surface area contributed by atoms with E-state index in [1.165, 1.54) is 0 Å². The molecule has 0 aromatic rings. The molecule has 0 saturated heterocycles. The van der Waals surface area contributed by atoms with E-state index in [9.17, 15) is 18.7 Å². The zero-order chi connectivity index (χ0) is 14.7. The molecule has 1 rings (SSSR count). The number of amides is 1. The second-order valence-electron chi connectivity index (χ2n) is 6.14. The maximum Gasteiger partial charge on any atom is 0.407 e. The van der Waals surface area contributed by atoms with Gasteiger partial charge in [-0.1, -0.05) is 0 Å². The predicted molar refractivity (Wildman–Crippen MR) is 67.1 cm³/mol. The van der Waals surface area contributed by atoms with E-state index in [0.29, 0.717) is 0 Å². The van der Waals surface area contributed by atoms with Crippen LogP contribution in [0.15, 0.2) is 0 Å². The highest BCUT2D eigenvalue weighted by molar-refractivity contribution is 5.67. The van der Waals surface area contributed by atoms with E-state index in [-0.39, 0.29) is 38.1 Å². The van der Waals surface area contributed by atoms with Crippen molar-refractivity contribution in [2.75, 3.05) is 6.54 Å². The van der Waals surface area contributed by atoms with Crippen LogP contribution in [0.3, 0.4) is 0 Å². The maximum atomic E-state index is 13.0. The number of alkyl carbamates (subject to hydrolysis) is 1. The smallest absolute Gasteiger partial charge is 0.407 e. The van der Waals surface area contributed by atoms with Gasteiger partial charge in [-0.25, -0.2) is 13.6 Å². The second kappa shape index (κ2) is 6.03. The van der Waals surface area contributed by atoms with Gasteiger partial charge in [0.2, 0.25) is 5.92 Å². The molecule has 19 heavy (non-hydrogen) atoms. The summed E-state index contributed by atoms with van der Waals surface area (Å²) in [5.74, 6) is -2.79. The Morgan fingerprint density at radius 2 is 1.95 bits per heavy atom. The van der Waals surface area contributed by atoms with Crippen LogP contribution >= 0.6 is 0 Å². The van der Waals surface area contributed by atoms with Crippen molar-refractivity contribution in [3.63, 3.8) is 0 Å². The van der Waals surface area contributed by atoms with Crippen LogP contribution in [0.1, 0.15) is 46.5 Å². The second-order valence-corrected chi connectivity index (χ2v) is 6.14. The van der Waals surface area contributed by atoms with Gasteiger partial charge in [-0.05, 0) is 39.5 Å². The van der Waals surface area contributed by atoms with E-state index in [1.807, 2.05) is 0 Å². The molecule has 0 aromatic heterocycles. The zero-order valence-electron chi connectivity index (χ0n) is 11.7. The summed E-state index contributed by atoms with van der Waals surface area (Å²) in [6.07, 6.45) is -1.23. The molecule has 0 aromatic carbocycles. The molecule has 0 radical (unpaired) electrons. The molecule has 4 nitrogen and oxygen atoms in total. The zero-order valence-corrected chi connectivity index (χ0v) is 11.7. The van der Waals surface area contributed by atoms with Gasteiger partial charge < -0.3 is 15.2 Å². The summed E-state index contributed by atoms with van der Waals surface area (Å²) < 4.78 is 31.0. The highest BCUT2D eigenvalue weighted by Crippen LogP contribution is 2.37. The number of carbonyl (C=O) groups is 1. The standard InChI is InChI=1S/C13H23F2NO3/c1-12(2,3)19-11(18)16-8-10(17)9-4-6-13(14,15)7-5-9/h9-10,17H,4-8H2,1-3H3,(H,16,18). The monoisotopic (exact) mass is 279 g/mol. The Morgan fingerprint density at radius 3 is 2.42 bits per heavy atom. The van der Waals surface area contributed by atoms with Crippen LogP contribution in [0.5, 0.6) is 0 Å². The fraction of sp³-hybridized carbons (Fsp3) is 0.923. The van der Waals surface area contributed by atoms with Crippen molar-refractivity contribution in [1.29, 1.82) is 0 Å². The topological polar surface area (TPSA) is 58.6 Å². The molecule has 1 saturated carbocycles. The summed E-state index contributed by atoms with van der Waals surface area (Å²) >= 11 is 0. The molecule has 1 amide bonds. The first kappa shape index (κ1) is 16.1. The van der Waals surface area contributed by atoms with Gasteiger partial charge in [0, 0.05) is 19.4 Å². The molecular formula is C13H23F2NO3. The van der Waals surface area contributed by atoms with Gasteiger partial charge in [0.1, 0.15) is 5.60 Å². The Hall–Kier alpha value is -0.910. The minimum atomic E-state index is -2.60. The summed E-state index contributed by atoms with van der Waals surface area (Å²) in [6, 6.07) is 0. The quantitative estimate of drug-likeness (QED) is 0.835. The number of ether oxygens (including phenoxy) is 1. The lowest BCUT2D eigenvalue weighted by molar-refractivity contribution is -0.0620. The molecule has 0 spiro atoms. The predicted octanol–water partition coefficient (Wildman–Crippen LogP) is 2.70. The van der Waals surface area contributed by atoms with Crippen LogP contribution < -0.4 is 5.32 Å². The summed E-state index contributed by atoms with van der Waals surface area (Å²) in [7, 11) is 0. The lowest BCUT2D eigenvalue weighted by Crippen LogP contribution is -2.41. The molecular weight excluding hydrogens is 256 g/mol. The van der Waals surface area contributed by atoms with Crippen molar-refractivity contribution in [1.82, 2.24) is 5.32 Å². The third kappa shape index (κ3) is 6.18. The third-order valence-electron chi connectivity index (χ3n) is 3.16.